The zero-order valence-corrected chi connectivity index (χ0v) is 9.49. The van der Waals surface area contributed by atoms with Crippen LogP contribution in [0.5, 0.6) is 0 Å². The maximum Gasteiger partial charge on any atom is 0.319 e. The molecule has 0 bridgehead atoms. The average molecular weight is 231 g/mol. The van der Waals surface area contributed by atoms with Gasteiger partial charge in [0, 0.05) is 18.0 Å². The Morgan fingerprint density at radius 3 is 2.94 bits per heavy atom. The molecule has 0 unspecified atom stereocenters. The molecule has 5 heteroatoms. The van der Waals surface area contributed by atoms with Crippen molar-refractivity contribution in [3.63, 3.8) is 0 Å². The molecule has 1 aliphatic carbocycles. The fourth-order valence-electron chi connectivity index (χ4n) is 2.06. The Balaban J connectivity index is 1.94. The van der Waals surface area contributed by atoms with E-state index in [1.54, 1.807) is 6.20 Å². The van der Waals surface area contributed by atoms with Crippen molar-refractivity contribution in [3.05, 3.63) is 30.5 Å². The summed E-state index contributed by atoms with van der Waals surface area (Å²) in [6.45, 7) is 0. The molecule has 2 aromatic heterocycles. The molecule has 0 radical (unpaired) electrons. The van der Waals surface area contributed by atoms with E-state index in [1.165, 1.54) is 7.11 Å². The lowest BCUT2D eigenvalue weighted by Crippen LogP contribution is -2.23. The summed E-state index contributed by atoms with van der Waals surface area (Å²) < 4.78 is 4.83. The van der Waals surface area contributed by atoms with E-state index in [4.69, 9.17) is 4.74 Å². The van der Waals surface area contributed by atoms with Crippen molar-refractivity contribution in [1.82, 2.24) is 15.0 Å². The lowest BCUT2D eigenvalue weighted by atomic mass is 10.1. The van der Waals surface area contributed by atoms with Gasteiger partial charge in [0.1, 0.15) is 11.2 Å². The van der Waals surface area contributed by atoms with Gasteiger partial charge < -0.3 is 14.7 Å². The van der Waals surface area contributed by atoms with Crippen LogP contribution in [-0.4, -0.2) is 28.0 Å². The van der Waals surface area contributed by atoms with Crippen LogP contribution in [0.15, 0.2) is 24.7 Å². The second-order valence-corrected chi connectivity index (χ2v) is 4.32. The van der Waals surface area contributed by atoms with Crippen molar-refractivity contribution >= 4 is 5.97 Å². The molecule has 0 aromatic carbocycles. The van der Waals surface area contributed by atoms with E-state index in [-0.39, 0.29) is 5.97 Å². The molecule has 0 spiro atoms. The Morgan fingerprint density at radius 2 is 2.35 bits per heavy atom. The number of aromatic amines is 2. The maximum absolute atomic E-state index is 11.7. The number of hydrogen-bond acceptors (Lipinski definition) is 3. The smallest absolute Gasteiger partial charge is 0.319 e. The summed E-state index contributed by atoms with van der Waals surface area (Å²) in [5.74, 6) is 0.507. The summed E-state index contributed by atoms with van der Waals surface area (Å²) in [5.41, 5.74) is 1.42. The van der Waals surface area contributed by atoms with Crippen LogP contribution in [0.25, 0.3) is 11.3 Å². The van der Waals surface area contributed by atoms with Gasteiger partial charge in [-0.2, -0.15) is 0 Å². The molecule has 0 aliphatic heterocycles. The zero-order valence-electron chi connectivity index (χ0n) is 9.49. The number of carbonyl (C=O) groups excluding carboxylic acids is 1. The number of methoxy groups -OCH3 is 1. The third-order valence-electron chi connectivity index (χ3n) is 3.26. The SMILES string of the molecule is COC(=O)C1(c2ncc(-c3cc[nH]c3)[nH]2)CC1. The highest BCUT2D eigenvalue weighted by Crippen LogP contribution is 2.48. The van der Waals surface area contributed by atoms with Crippen molar-refractivity contribution in [2.75, 3.05) is 7.11 Å². The van der Waals surface area contributed by atoms with Crippen LogP contribution < -0.4 is 0 Å². The van der Waals surface area contributed by atoms with Gasteiger partial charge in [-0.05, 0) is 18.9 Å². The van der Waals surface area contributed by atoms with Gasteiger partial charge in [0.25, 0.3) is 0 Å². The summed E-state index contributed by atoms with van der Waals surface area (Å²) in [4.78, 5) is 22.2. The van der Waals surface area contributed by atoms with Crippen molar-refractivity contribution in [2.24, 2.45) is 0 Å². The minimum atomic E-state index is -0.524. The summed E-state index contributed by atoms with van der Waals surface area (Å²) >= 11 is 0. The molecule has 5 nitrogen and oxygen atoms in total. The lowest BCUT2D eigenvalue weighted by molar-refractivity contribution is -0.143. The van der Waals surface area contributed by atoms with Gasteiger partial charge in [0.2, 0.25) is 0 Å². The number of esters is 1. The van der Waals surface area contributed by atoms with E-state index in [2.05, 4.69) is 15.0 Å². The number of carbonyl (C=O) groups is 1. The van der Waals surface area contributed by atoms with Crippen LogP contribution >= 0.6 is 0 Å². The van der Waals surface area contributed by atoms with E-state index < -0.39 is 5.41 Å². The van der Waals surface area contributed by atoms with Gasteiger partial charge in [0.05, 0.1) is 19.0 Å². The fourth-order valence-corrected chi connectivity index (χ4v) is 2.06. The predicted molar refractivity (Wildman–Crippen MR) is 61.3 cm³/mol. The topological polar surface area (TPSA) is 70.8 Å². The van der Waals surface area contributed by atoms with E-state index in [1.807, 2.05) is 18.5 Å². The Labute approximate surface area is 98.2 Å². The lowest BCUT2D eigenvalue weighted by Gasteiger charge is -2.08. The van der Waals surface area contributed by atoms with Crippen molar-refractivity contribution < 1.29 is 9.53 Å². The maximum atomic E-state index is 11.7. The normalized spacial score (nSPS) is 16.8. The minimum absolute atomic E-state index is 0.201. The molecule has 1 saturated carbocycles. The summed E-state index contributed by atoms with van der Waals surface area (Å²) in [6, 6.07) is 1.95. The number of hydrogen-bond donors (Lipinski definition) is 2. The zero-order chi connectivity index (χ0) is 11.9. The number of imidazole rings is 1. The average Bonchev–Trinajstić information content (AvgIpc) is 2.84. The first-order valence-electron chi connectivity index (χ1n) is 5.53. The quantitative estimate of drug-likeness (QED) is 0.788. The van der Waals surface area contributed by atoms with Gasteiger partial charge in [-0.3, -0.25) is 4.79 Å². The molecule has 3 rings (SSSR count). The van der Waals surface area contributed by atoms with Crippen LogP contribution in [0, 0.1) is 0 Å². The number of ether oxygens (including phenoxy) is 1. The second kappa shape index (κ2) is 3.48. The molecule has 2 aromatic rings. The summed E-state index contributed by atoms with van der Waals surface area (Å²) in [6.07, 6.45) is 7.10. The molecule has 1 aliphatic rings. The first-order chi connectivity index (χ1) is 8.26. The number of nitrogens with zero attached hydrogens (tertiary/aromatic N) is 1. The van der Waals surface area contributed by atoms with E-state index in [9.17, 15) is 4.79 Å². The molecule has 2 heterocycles. The van der Waals surface area contributed by atoms with E-state index >= 15 is 0 Å². The number of nitrogens with one attached hydrogen (secondary N) is 2. The highest BCUT2D eigenvalue weighted by Gasteiger charge is 2.55. The monoisotopic (exact) mass is 231 g/mol. The minimum Gasteiger partial charge on any atom is -0.468 e. The Morgan fingerprint density at radius 1 is 1.53 bits per heavy atom. The number of H-pyrrole nitrogens is 2. The van der Waals surface area contributed by atoms with Crippen LogP contribution in [-0.2, 0) is 14.9 Å². The first kappa shape index (κ1) is 10.1. The predicted octanol–water partition coefficient (Wildman–Crippen LogP) is 1.61. The standard InChI is InChI=1S/C12H13N3O2/c1-17-11(16)12(3-4-12)10-14-7-9(15-10)8-2-5-13-6-8/h2,5-7,13H,3-4H2,1H3,(H,14,15). The highest BCUT2D eigenvalue weighted by molar-refractivity contribution is 5.85. The van der Waals surface area contributed by atoms with Gasteiger partial charge in [-0.1, -0.05) is 0 Å². The van der Waals surface area contributed by atoms with Gasteiger partial charge in [-0.25, -0.2) is 4.98 Å². The first-order valence-corrected chi connectivity index (χ1v) is 5.53. The van der Waals surface area contributed by atoms with Crippen molar-refractivity contribution in [2.45, 2.75) is 18.3 Å². The number of rotatable bonds is 3. The largest absolute Gasteiger partial charge is 0.468 e. The van der Waals surface area contributed by atoms with Crippen LogP contribution in [0.4, 0.5) is 0 Å². The highest BCUT2D eigenvalue weighted by atomic mass is 16.5. The molecular formula is C12H13N3O2. The van der Waals surface area contributed by atoms with E-state index in [0.717, 1.165) is 24.1 Å². The Kier molecular flexibility index (Phi) is 2.07. The molecule has 0 amide bonds. The molecule has 2 N–H and O–H groups in total. The summed E-state index contributed by atoms with van der Waals surface area (Å²) in [7, 11) is 1.42. The van der Waals surface area contributed by atoms with E-state index in [0.29, 0.717) is 5.82 Å². The second-order valence-electron chi connectivity index (χ2n) is 4.32. The van der Waals surface area contributed by atoms with Gasteiger partial charge in [-0.15, -0.1) is 0 Å². The van der Waals surface area contributed by atoms with Crippen LogP contribution in [0.2, 0.25) is 0 Å². The van der Waals surface area contributed by atoms with Crippen LogP contribution in [0.1, 0.15) is 18.7 Å². The number of aromatic nitrogens is 3. The van der Waals surface area contributed by atoms with Gasteiger partial charge in [0.15, 0.2) is 0 Å². The third kappa shape index (κ3) is 1.46. The van der Waals surface area contributed by atoms with Gasteiger partial charge >= 0.3 is 5.97 Å². The Bertz CT molecular complexity index is 538. The summed E-state index contributed by atoms with van der Waals surface area (Å²) in [5, 5.41) is 0. The van der Waals surface area contributed by atoms with Crippen molar-refractivity contribution in [1.29, 1.82) is 0 Å². The third-order valence-corrected chi connectivity index (χ3v) is 3.26. The molecule has 17 heavy (non-hydrogen) atoms. The molecule has 88 valence electrons. The Hall–Kier alpha value is -2.04. The molecule has 0 atom stereocenters. The molecular weight excluding hydrogens is 218 g/mol. The van der Waals surface area contributed by atoms with Crippen molar-refractivity contribution in [3.8, 4) is 11.3 Å². The van der Waals surface area contributed by atoms with Crippen LogP contribution in [0.3, 0.4) is 0 Å². The molecule has 0 saturated heterocycles. The fraction of sp³-hybridized carbons (Fsp3) is 0.333. The molecule has 1 fully saturated rings.